The summed E-state index contributed by atoms with van der Waals surface area (Å²) in [7, 11) is 2.09. The van der Waals surface area contributed by atoms with E-state index in [-0.39, 0.29) is 0 Å². The van der Waals surface area contributed by atoms with E-state index < -0.39 is 0 Å². The van der Waals surface area contributed by atoms with Crippen LogP contribution in [0.2, 0.25) is 0 Å². The molecule has 16 heavy (non-hydrogen) atoms. The summed E-state index contributed by atoms with van der Waals surface area (Å²) in [6.45, 7) is 2.52. The fourth-order valence-electron chi connectivity index (χ4n) is 1.88. The lowest BCUT2D eigenvalue weighted by atomic mass is 10.1. The van der Waals surface area contributed by atoms with Gasteiger partial charge in [-0.15, -0.1) is 0 Å². The molecule has 0 spiro atoms. The molecule has 2 N–H and O–H groups in total. The minimum Gasteiger partial charge on any atom is -0.329 e. The fourth-order valence-corrected chi connectivity index (χ4v) is 1.88. The zero-order valence-electron chi connectivity index (χ0n) is 9.56. The molecule has 0 fully saturated rings. The molecule has 0 bridgehead atoms. The summed E-state index contributed by atoms with van der Waals surface area (Å²) in [5.74, 6) is 0. The Kier molecular flexibility index (Phi) is 3.49. The molecule has 0 atom stereocenters. The Morgan fingerprint density at radius 1 is 1.25 bits per heavy atom. The van der Waals surface area contributed by atoms with Crippen molar-refractivity contribution in [1.82, 2.24) is 9.88 Å². The lowest BCUT2D eigenvalue weighted by molar-refractivity contribution is 0.337. The minimum atomic E-state index is 0.694. The van der Waals surface area contributed by atoms with Crippen LogP contribution in [-0.4, -0.2) is 30.0 Å². The summed E-state index contributed by atoms with van der Waals surface area (Å²) in [6, 6.07) is 10.3. The van der Waals surface area contributed by atoms with Gasteiger partial charge in [0.2, 0.25) is 0 Å². The van der Waals surface area contributed by atoms with E-state index in [2.05, 4.69) is 35.1 Å². The molecule has 3 nitrogen and oxygen atoms in total. The average molecular weight is 215 g/mol. The monoisotopic (exact) mass is 215 g/mol. The second kappa shape index (κ2) is 5.05. The summed E-state index contributed by atoms with van der Waals surface area (Å²) < 4.78 is 0. The van der Waals surface area contributed by atoms with Crippen molar-refractivity contribution in [3.8, 4) is 0 Å². The normalized spacial score (nSPS) is 11.2. The number of nitrogens with zero attached hydrogens (tertiary/aromatic N) is 2. The van der Waals surface area contributed by atoms with Crippen LogP contribution in [0.1, 0.15) is 5.56 Å². The molecule has 1 aromatic heterocycles. The molecule has 0 saturated carbocycles. The standard InChI is InChI=1S/C13H17N3/c1-16(9-7-14)10-11-6-8-15-13-5-3-2-4-12(11)13/h2-6,8H,7,9-10,14H2,1H3. The lowest BCUT2D eigenvalue weighted by Crippen LogP contribution is -2.25. The third-order valence-corrected chi connectivity index (χ3v) is 2.69. The summed E-state index contributed by atoms with van der Waals surface area (Å²) in [5.41, 5.74) is 7.91. The smallest absolute Gasteiger partial charge is 0.0705 e. The Balaban J connectivity index is 2.30. The molecule has 0 amide bonds. The molecule has 0 aliphatic rings. The van der Waals surface area contributed by atoms with Crippen molar-refractivity contribution in [2.24, 2.45) is 5.73 Å². The maximum absolute atomic E-state index is 5.54. The summed E-state index contributed by atoms with van der Waals surface area (Å²) in [4.78, 5) is 6.58. The number of nitrogens with two attached hydrogens (primary N) is 1. The van der Waals surface area contributed by atoms with Gasteiger partial charge in [0.05, 0.1) is 5.52 Å². The third kappa shape index (κ3) is 2.38. The third-order valence-electron chi connectivity index (χ3n) is 2.69. The molecule has 0 saturated heterocycles. The Hall–Kier alpha value is -1.45. The Bertz CT molecular complexity index is 462. The number of rotatable bonds is 4. The predicted octanol–water partition coefficient (Wildman–Crippen LogP) is 1.63. The van der Waals surface area contributed by atoms with Gasteiger partial charge in [-0.25, -0.2) is 0 Å². The minimum absolute atomic E-state index is 0.694. The molecule has 0 aliphatic heterocycles. The van der Waals surface area contributed by atoms with Gasteiger partial charge in [-0.3, -0.25) is 4.98 Å². The molecule has 1 heterocycles. The highest BCUT2D eigenvalue weighted by Gasteiger charge is 2.03. The van der Waals surface area contributed by atoms with Crippen LogP contribution in [0.4, 0.5) is 0 Å². The van der Waals surface area contributed by atoms with E-state index in [1.807, 2.05) is 18.3 Å². The van der Waals surface area contributed by atoms with Gasteiger partial charge in [-0.2, -0.15) is 0 Å². The van der Waals surface area contributed by atoms with Gasteiger partial charge < -0.3 is 10.6 Å². The molecule has 3 heteroatoms. The fraction of sp³-hybridized carbons (Fsp3) is 0.308. The van der Waals surface area contributed by atoms with E-state index in [1.54, 1.807) is 0 Å². The highest BCUT2D eigenvalue weighted by molar-refractivity contribution is 5.81. The number of hydrogen-bond acceptors (Lipinski definition) is 3. The van der Waals surface area contributed by atoms with Crippen LogP contribution in [0.5, 0.6) is 0 Å². The van der Waals surface area contributed by atoms with Crippen molar-refractivity contribution < 1.29 is 0 Å². The first-order valence-electron chi connectivity index (χ1n) is 5.52. The molecule has 0 aliphatic carbocycles. The first-order chi connectivity index (χ1) is 7.81. The molecule has 2 aromatic rings. The van der Waals surface area contributed by atoms with Gasteiger partial charge in [0.15, 0.2) is 0 Å². The van der Waals surface area contributed by atoms with Crippen molar-refractivity contribution in [1.29, 1.82) is 0 Å². The van der Waals surface area contributed by atoms with Crippen LogP contribution >= 0.6 is 0 Å². The quantitative estimate of drug-likeness (QED) is 0.842. The molecule has 0 radical (unpaired) electrons. The number of benzene rings is 1. The number of para-hydroxylation sites is 1. The van der Waals surface area contributed by atoms with Crippen LogP contribution in [0, 0.1) is 0 Å². The maximum atomic E-state index is 5.54. The van der Waals surface area contributed by atoms with Gasteiger partial charge in [0, 0.05) is 31.2 Å². The summed E-state index contributed by atoms with van der Waals surface area (Å²) in [6.07, 6.45) is 1.87. The topological polar surface area (TPSA) is 42.1 Å². The Morgan fingerprint density at radius 2 is 2.06 bits per heavy atom. The van der Waals surface area contributed by atoms with Crippen LogP contribution in [0.25, 0.3) is 10.9 Å². The summed E-state index contributed by atoms with van der Waals surface area (Å²) in [5, 5.41) is 1.23. The van der Waals surface area contributed by atoms with Gasteiger partial charge in [0.1, 0.15) is 0 Å². The Labute approximate surface area is 95.9 Å². The number of fused-ring (bicyclic) bond motifs is 1. The van der Waals surface area contributed by atoms with E-state index in [4.69, 9.17) is 5.73 Å². The SMILES string of the molecule is CN(CCN)Cc1ccnc2ccccc12. The molecule has 1 aromatic carbocycles. The van der Waals surface area contributed by atoms with Gasteiger partial charge >= 0.3 is 0 Å². The average Bonchev–Trinajstić information content (AvgIpc) is 2.30. The van der Waals surface area contributed by atoms with Crippen LogP contribution in [0.15, 0.2) is 36.5 Å². The summed E-state index contributed by atoms with van der Waals surface area (Å²) >= 11 is 0. The van der Waals surface area contributed by atoms with E-state index in [9.17, 15) is 0 Å². The molecular formula is C13H17N3. The number of hydrogen-bond donors (Lipinski definition) is 1. The lowest BCUT2D eigenvalue weighted by Gasteiger charge is -2.16. The first kappa shape index (κ1) is 11.0. The predicted molar refractivity (Wildman–Crippen MR) is 67.1 cm³/mol. The van der Waals surface area contributed by atoms with Crippen molar-refractivity contribution >= 4 is 10.9 Å². The molecule has 84 valence electrons. The molecule has 0 unspecified atom stereocenters. The van der Waals surface area contributed by atoms with Gasteiger partial charge in [-0.05, 0) is 24.7 Å². The van der Waals surface area contributed by atoms with Gasteiger partial charge in [-0.1, -0.05) is 18.2 Å². The van der Waals surface area contributed by atoms with Crippen molar-refractivity contribution in [2.75, 3.05) is 20.1 Å². The molecule has 2 rings (SSSR count). The van der Waals surface area contributed by atoms with Crippen molar-refractivity contribution in [2.45, 2.75) is 6.54 Å². The Morgan fingerprint density at radius 3 is 2.88 bits per heavy atom. The number of pyridine rings is 1. The first-order valence-corrected chi connectivity index (χ1v) is 5.52. The van der Waals surface area contributed by atoms with Crippen molar-refractivity contribution in [3.63, 3.8) is 0 Å². The second-order valence-corrected chi connectivity index (χ2v) is 4.01. The van der Waals surface area contributed by atoms with Crippen LogP contribution in [0.3, 0.4) is 0 Å². The highest BCUT2D eigenvalue weighted by atomic mass is 15.1. The highest BCUT2D eigenvalue weighted by Crippen LogP contribution is 2.17. The van der Waals surface area contributed by atoms with E-state index in [0.29, 0.717) is 6.54 Å². The largest absolute Gasteiger partial charge is 0.329 e. The number of likely N-dealkylation sites (N-methyl/N-ethyl adjacent to an activating group) is 1. The van der Waals surface area contributed by atoms with Gasteiger partial charge in [0.25, 0.3) is 0 Å². The van der Waals surface area contributed by atoms with Crippen molar-refractivity contribution in [3.05, 3.63) is 42.1 Å². The zero-order valence-corrected chi connectivity index (χ0v) is 9.56. The molecular weight excluding hydrogens is 198 g/mol. The van der Waals surface area contributed by atoms with E-state index in [1.165, 1.54) is 10.9 Å². The zero-order chi connectivity index (χ0) is 11.4. The van der Waals surface area contributed by atoms with E-state index in [0.717, 1.165) is 18.6 Å². The van der Waals surface area contributed by atoms with Crippen LogP contribution in [-0.2, 0) is 6.54 Å². The number of aromatic nitrogens is 1. The van der Waals surface area contributed by atoms with Crippen LogP contribution < -0.4 is 5.73 Å². The maximum Gasteiger partial charge on any atom is 0.0705 e. The second-order valence-electron chi connectivity index (χ2n) is 4.01. The van der Waals surface area contributed by atoms with E-state index >= 15 is 0 Å².